The van der Waals surface area contributed by atoms with Crippen LogP contribution in [0.2, 0.25) is 0 Å². The minimum absolute atomic E-state index is 0.0207. The number of hydrogen-bond donors (Lipinski definition) is 4. The van der Waals surface area contributed by atoms with Crippen molar-refractivity contribution < 1.29 is 24.6 Å². The number of nitrogens with two attached hydrogens (primary N) is 1. The number of aromatic nitrogens is 2. The topological polar surface area (TPSA) is 150 Å². The number of amides is 3. The molecular formula is C20H23N5O5S. The van der Waals surface area contributed by atoms with Crippen LogP contribution >= 0.6 is 11.8 Å². The van der Waals surface area contributed by atoms with Crippen molar-refractivity contribution in [2.75, 3.05) is 11.1 Å². The Bertz CT molecular complexity index is 1110. The molecule has 3 unspecified atom stereocenters. The van der Waals surface area contributed by atoms with Crippen molar-refractivity contribution in [2.45, 2.75) is 32.4 Å². The number of carboxylic acid groups (broad SMARTS) is 1. The number of imidazole rings is 1. The summed E-state index contributed by atoms with van der Waals surface area (Å²) in [7, 11) is 0. The highest BCUT2D eigenvalue weighted by molar-refractivity contribution is 8.03. The van der Waals surface area contributed by atoms with Crippen LogP contribution in [0, 0.1) is 11.8 Å². The molecule has 1 saturated heterocycles. The van der Waals surface area contributed by atoms with Crippen molar-refractivity contribution in [3.8, 4) is 0 Å². The van der Waals surface area contributed by atoms with E-state index in [-0.39, 0.29) is 23.6 Å². The summed E-state index contributed by atoms with van der Waals surface area (Å²) in [4.78, 5) is 41.9. The summed E-state index contributed by atoms with van der Waals surface area (Å²) in [6.45, 7) is 3.45. The molecule has 164 valence electrons. The molecule has 10 nitrogen and oxygen atoms in total. The molecule has 0 radical (unpaired) electrons. The molecule has 3 amide bonds. The predicted octanol–water partition coefficient (Wildman–Crippen LogP) is 1.25. The number of thioether (sulfide) groups is 1. The zero-order valence-corrected chi connectivity index (χ0v) is 17.8. The van der Waals surface area contributed by atoms with E-state index in [1.807, 2.05) is 6.92 Å². The van der Waals surface area contributed by atoms with Crippen molar-refractivity contribution in [1.29, 1.82) is 0 Å². The van der Waals surface area contributed by atoms with Crippen LogP contribution in [0.3, 0.4) is 0 Å². The molecule has 4 atom stereocenters. The van der Waals surface area contributed by atoms with Crippen molar-refractivity contribution in [3.05, 3.63) is 40.7 Å². The number of β-lactam (4-membered cyclic amide) rings is 1. The smallest absolute Gasteiger partial charge is 0.353 e. The second-order valence-electron chi connectivity index (χ2n) is 7.73. The van der Waals surface area contributed by atoms with Gasteiger partial charge >= 0.3 is 12.0 Å². The van der Waals surface area contributed by atoms with Crippen LogP contribution in [0.1, 0.15) is 19.5 Å². The number of hydrogen-bond acceptors (Lipinski definition) is 6. The molecule has 5 N–H and O–H groups in total. The lowest BCUT2D eigenvalue weighted by atomic mass is 9.79. The second kappa shape index (κ2) is 7.89. The Labute approximate surface area is 182 Å². The summed E-state index contributed by atoms with van der Waals surface area (Å²) in [6.07, 6.45) is 1.53. The van der Waals surface area contributed by atoms with E-state index in [1.165, 1.54) is 16.7 Å². The fraction of sp³-hybridized carbons (Fsp3) is 0.400. The third-order valence-electron chi connectivity index (χ3n) is 5.72. The molecule has 0 bridgehead atoms. The Balaban J connectivity index is 1.50. The Morgan fingerprint density at radius 3 is 2.77 bits per heavy atom. The molecule has 2 aromatic heterocycles. The van der Waals surface area contributed by atoms with E-state index >= 15 is 0 Å². The van der Waals surface area contributed by atoms with Gasteiger partial charge in [0.2, 0.25) is 5.91 Å². The van der Waals surface area contributed by atoms with Crippen LogP contribution in [-0.4, -0.2) is 60.3 Å². The third-order valence-corrected chi connectivity index (χ3v) is 7.00. The van der Waals surface area contributed by atoms with Gasteiger partial charge in [-0.3, -0.25) is 14.5 Å². The first-order valence-electron chi connectivity index (χ1n) is 9.85. The van der Waals surface area contributed by atoms with Crippen molar-refractivity contribution in [3.63, 3.8) is 0 Å². The Morgan fingerprint density at radius 2 is 2.13 bits per heavy atom. The maximum atomic E-state index is 12.4. The van der Waals surface area contributed by atoms with E-state index in [0.717, 1.165) is 5.69 Å². The maximum Gasteiger partial charge on any atom is 0.353 e. The quantitative estimate of drug-likeness (QED) is 0.468. The van der Waals surface area contributed by atoms with Crippen LogP contribution in [0.25, 0.3) is 5.65 Å². The normalized spacial score (nSPS) is 23.6. The first-order valence-corrected chi connectivity index (χ1v) is 10.8. The van der Waals surface area contributed by atoms with Crippen LogP contribution in [0.5, 0.6) is 0 Å². The molecule has 0 saturated carbocycles. The Kier molecular flexibility index (Phi) is 5.40. The lowest BCUT2D eigenvalue weighted by molar-refractivity contribution is -0.163. The SMILES string of the molecule is CC(O)C1C(=O)N2C(C(=O)O)=C(SCCc3cn4c(NC(N)=O)cccc4n3)[C@H](C)C12. The molecule has 0 spiro atoms. The van der Waals surface area contributed by atoms with Gasteiger partial charge in [0.1, 0.15) is 17.2 Å². The molecular weight excluding hydrogens is 422 g/mol. The van der Waals surface area contributed by atoms with Gasteiger partial charge < -0.3 is 20.8 Å². The van der Waals surface area contributed by atoms with Crippen molar-refractivity contribution in [2.24, 2.45) is 17.6 Å². The molecule has 4 rings (SSSR count). The Hall–Kier alpha value is -3.05. The number of carboxylic acids is 1. The lowest BCUT2D eigenvalue weighted by Gasteiger charge is -2.46. The second-order valence-corrected chi connectivity index (χ2v) is 8.87. The summed E-state index contributed by atoms with van der Waals surface area (Å²) in [5.74, 6) is -1.15. The lowest BCUT2D eigenvalue weighted by Crippen LogP contribution is -2.63. The number of nitrogens with zero attached hydrogens (tertiary/aromatic N) is 3. The number of primary amides is 1. The van der Waals surface area contributed by atoms with E-state index in [4.69, 9.17) is 5.73 Å². The summed E-state index contributed by atoms with van der Waals surface area (Å²) in [5.41, 5.74) is 6.65. The number of aryl methyl sites for hydroxylation is 1. The van der Waals surface area contributed by atoms with Crippen LogP contribution < -0.4 is 11.1 Å². The highest BCUT2D eigenvalue weighted by atomic mass is 32.2. The first-order chi connectivity index (χ1) is 14.7. The van der Waals surface area contributed by atoms with Crippen LogP contribution in [-0.2, 0) is 16.0 Å². The first kappa shape index (κ1) is 21.2. The molecule has 2 aliphatic heterocycles. The minimum atomic E-state index is -1.14. The number of nitrogens with one attached hydrogen (secondary N) is 1. The van der Waals surface area contributed by atoms with Gasteiger partial charge in [-0.2, -0.15) is 0 Å². The largest absolute Gasteiger partial charge is 0.477 e. The standard InChI is InChI=1S/C20H23N5O5S/c1-9-15-14(10(2)26)18(27)25(15)16(19(28)29)17(9)31-7-6-11-8-24-12(22-11)4-3-5-13(24)23-20(21)30/h3-5,8-10,14-15,26H,6-7H2,1-2H3,(H,28,29)(H3,21,23,30)/t9-,10?,14?,15?/m1/s1. The highest BCUT2D eigenvalue weighted by Crippen LogP contribution is 2.50. The number of carbonyl (C=O) groups excluding carboxylic acids is 2. The molecule has 11 heteroatoms. The number of aliphatic carboxylic acids is 1. The number of anilines is 1. The van der Waals surface area contributed by atoms with Crippen molar-refractivity contribution >= 4 is 41.1 Å². The minimum Gasteiger partial charge on any atom is -0.477 e. The molecule has 31 heavy (non-hydrogen) atoms. The molecule has 4 heterocycles. The fourth-order valence-electron chi connectivity index (χ4n) is 4.39. The summed E-state index contributed by atoms with van der Waals surface area (Å²) in [6, 6.07) is 4.28. The number of aliphatic hydroxyl groups is 1. The fourth-order valence-corrected chi connectivity index (χ4v) is 5.65. The van der Waals surface area contributed by atoms with Gasteiger partial charge in [-0.05, 0) is 19.1 Å². The summed E-state index contributed by atoms with van der Waals surface area (Å²) >= 11 is 1.40. The van der Waals surface area contributed by atoms with E-state index in [0.29, 0.717) is 28.5 Å². The molecule has 1 fully saturated rings. The van der Waals surface area contributed by atoms with Crippen LogP contribution in [0.15, 0.2) is 35.0 Å². The summed E-state index contributed by atoms with van der Waals surface area (Å²) in [5, 5.41) is 22.2. The number of rotatable bonds is 7. The maximum absolute atomic E-state index is 12.4. The molecule has 0 aliphatic carbocycles. The number of carbonyl (C=O) groups is 3. The Morgan fingerprint density at radius 1 is 1.39 bits per heavy atom. The van der Waals surface area contributed by atoms with E-state index in [2.05, 4.69) is 10.3 Å². The zero-order valence-electron chi connectivity index (χ0n) is 17.0. The molecule has 2 aromatic rings. The average molecular weight is 446 g/mol. The van der Waals surface area contributed by atoms with E-state index in [1.54, 1.807) is 35.7 Å². The van der Waals surface area contributed by atoms with Gasteiger partial charge in [0.25, 0.3) is 0 Å². The number of urea groups is 1. The van der Waals surface area contributed by atoms with Gasteiger partial charge in [0, 0.05) is 29.2 Å². The van der Waals surface area contributed by atoms with Crippen LogP contribution in [0.4, 0.5) is 10.6 Å². The van der Waals surface area contributed by atoms with Gasteiger partial charge in [-0.15, -0.1) is 11.8 Å². The average Bonchev–Trinajstić information content (AvgIpc) is 3.19. The number of aliphatic hydroxyl groups excluding tert-OH is 1. The zero-order chi connectivity index (χ0) is 22.4. The van der Waals surface area contributed by atoms with E-state index < -0.39 is 24.0 Å². The highest BCUT2D eigenvalue weighted by Gasteiger charge is 2.59. The monoisotopic (exact) mass is 445 g/mol. The number of fused-ring (bicyclic) bond motifs is 2. The van der Waals surface area contributed by atoms with E-state index in [9.17, 15) is 24.6 Å². The van der Waals surface area contributed by atoms with Crippen molar-refractivity contribution in [1.82, 2.24) is 14.3 Å². The van der Waals surface area contributed by atoms with Gasteiger partial charge in [-0.1, -0.05) is 13.0 Å². The van der Waals surface area contributed by atoms with Gasteiger partial charge in [0.05, 0.1) is 23.8 Å². The third kappa shape index (κ3) is 3.53. The van der Waals surface area contributed by atoms with Gasteiger partial charge in [-0.25, -0.2) is 14.6 Å². The summed E-state index contributed by atoms with van der Waals surface area (Å²) < 4.78 is 1.72. The van der Waals surface area contributed by atoms with Gasteiger partial charge in [0.15, 0.2) is 0 Å². The molecule has 0 aromatic carbocycles. The molecule has 2 aliphatic rings. The number of pyridine rings is 1. The predicted molar refractivity (Wildman–Crippen MR) is 114 cm³/mol.